The summed E-state index contributed by atoms with van der Waals surface area (Å²) in [5, 5.41) is 2.88. The molecular weight excluding hydrogens is 266 g/mol. The predicted octanol–water partition coefficient (Wildman–Crippen LogP) is 1.53. The molecule has 114 valence electrons. The van der Waals surface area contributed by atoms with E-state index in [0.29, 0.717) is 19.4 Å². The maximum atomic E-state index is 12.7. The third kappa shape index (κ3) is 3.06. The second kappa shape index (κ2) is 6.24. The Kier molecular flexibility index (Phi) is 4.60. The highest BCUT2D eigenvalue weighted by Gasteiger charge is 2.45. The Balaban J connectivity index is 2.16. The van der Waals surface area contributed by atoms with Gasteiger partial charge in [-0.15, -0.1) is 0 Å². The number of nitrogens with zero attached hydrogens (tertiary/aromatic N) is 2. The van der Waals surface area contributed by atoms with Gasteiger partial charge in [0, 0.05) is 18.9 Å². The maximum Gasteiger partial charge on any atom is 0.248 e. The van der Waals surface area contributed by atoms with Crippen LogP contribution in [0.2, 0.25) is 0 Å². The summed E-state index contributed by atoms with van der Waals surface area (Å²) in [6.07, 6.45) is 5.45. The number of amides is 2. The Morgan fingerprint density at radius 1 is 1.29 bits per heavy atom. The minimum Gasteiger partial charge on any atom is -0.340 e. The van der Waals surface area contributed by atoms with E-state index in [9.17, 15) is 9.59 Å². The van der Waals surface area contributed by atoms with Gasteiger partial charge in [0.2, 0.25) is 11.8 Å². The van der Waals surface area contributed by atoms with E-state index in [1.165, 1.54) is 0 Å². The molecule has 1 N–H and O–H groups in total. The molecule has 5 heteroatoms. The van der Waals surface area contributed by atoms with E-state index >= 15 is 0 Å². The first-order valence-electron chi connectivity index (χ1n) is 7.53. The number of hydrogen-bond donors (Lipinski definition) is 1. The first-order chi connectivity index (χ1) is 10.0. The standard InChI is InChI=1S/C16H23N3O2/c1-4-13-14(20)18-16(3,5-2)15(21)19(13)11-8-12-6-9-17-10-7-12/h6-7,9-10,13H,4-5,8,11H2,1-3H3,(H,18,20). The molecule has 5 nitrogen and oxygen atoms in total. The van der Waals surface area contributed by atoms with Crippen molar-refractivity contribution in [2.75, 3.05) is 6.54 Å². The molecule has 2 unspecified atom stereocenters. The molecule has 1 aliphatic heterocycles. The molecule has 1 aromatic heterocycles. The fourth-order valence-electron chi connectivity index (χ4n) is 2.71. The second-order valence-corrected chi connectivity index (χ2v) is 5.70. The second-order valence-electron chi connectivity index (χ2n) is 5.70. The van der Waals surface area contributed by atoms with Crippen LogP contribution in [0.25, 0.3) is 0 Å². The number of nitrogens with one attached hydrogen (secondary N) is 1. The molecule has 2 atom stereocenters. The number of carbonyl (C=O) groups is 2. The van der Waals surface area contributed by atoms with Gasteiger partial charge in [0.1, 0.15) is 11.6 Å². The van der Waals surface area contributed by atoms with Crippen LogP contribution in [0.5, 0.6) is 0 Å². The van der Waals surface area contributed by atoms with Crippen LogP contribution in [0.1, 0.15) is 39.2 Å². The van der Waals surface area contributed by atoms with Crippen molar-refractivity contribution < 1.29 is 9.59 Å². The summed E-state index contributed by atoms with van der Waals surface area (Å²) >= 11 is 0. The van der Waals surface area contributed by atoms with Gasteiger partial charge in [0.25, 0.3) is 0 Å². The first-order valence-corrected chi connectivity index (χ1v) is 7.53. The van der Waals surface area contributed by atoms with Crippen LogP contribution in [0.4, 0.5) is 0 Å². The van der Waals surface area contributed by atoms with E-state index in [4.69, 9.17) is 0 Å². The molecule has 2 heterocycles. The van der Waals surface area contributed by atoms with E-state index in [-0.39, 0.29) is 17.9 Å². The Labute approximate surface area is 125 Å². The van der Waals surface area contributed by atoms with Crippen LogP contribution in [0, 0.1) is 0 Å². The predicted molar refractivity (Wildman–Crippen MR) is 80.6 cm³/mol. The molecule has 2 amide bonds. The summed E-state index contributed by atoms with van der Waals surface area (Å²) < 4.78 is 0. The van der Waals surface area contributed by atoms with Crippen molar-refractivity contribution in [1.82, 2.24) is 15.2 Å². The number of rotatable bonds is 5. The molecule has 0 spiro atoms. The first kappa shape index (κ1) is 15.5. The number of pyridine rings is 1. The smallest absolute Gasteiger partial charge is 0.248 e. The van der Waals surface area contributed by atoms with Gasteiger partial charge in [0.05, 0.1) is 0 Å². The average molecular weight is 289 g/mol. The lowest BCUT2D eigenvalue weighted by atomic mass is 9.91. The summed E-state index contributed by atoms with van der Waals surface area (Å²) in [6, 6.07) is 3.52. The molecule has 2 rings (SSSR count). The Bertz CT molecular complexity index is 518. The van der Waals surface area contributed by atoms with E-state index in [1.54, 1.807) is 24.2 Å². The molecule has 1 aliphatic rings. The van der Waals surface area contributed by atoms with Gasteiger partial charge in [-0.1, -0.05) is 13.8 Å². The molecular formula is C16H23N3O2. The highest BCUT2D eigenvalue weighted by Crippen LogP contribution is 2.23. The van der Waals surface area contributed by atoms with Crippen molar-refractivity contribution in [1.29, 1.82) is 0 Å². The zero-order valence-corrected chi connectivity index (χ0v) is 12.9. The molecule has 1 fully saturated rings. The maximum absolute atomic E-state index is 12.7. The van der Waals surface area contributed by atoms with Gasteiger partial charge < -0.3 is 10.2 Å². The van der Waals surface area contributed by atoms with Crippen LogP contribution in [-0.2, 0) is 16.0 Å². The summed E-state index contributed by atoms with van der Waals surface area (Å²) in [5.41, 5.74) is 0.345. The van der Waals surface area contributed by atoms with E-state index in [1.807, 2.05) is 26.0 Å². The molecule has 0 aliphatic carbocycles. The molecule has 0 saturated carbocycles. The lowest BCUT2D eigenvalue weighted by Gasteiger charge is -2.44. The highest BCUT2D eigenvalue weighted by atomic mass is 16.2. The third-order valence-electron chi connectivity index (χ3n) is 4.30. The summed E-state index contributed by atoms with van der Waals surface area (Å²) in [7, 11) is 0. The van der Waals surface area contributed by atoms with Crippen LogP contribution in [0.15, 0.2) is 24.5 Å². The fraction of sp³-hybridized carbons (Fsp3) is 0.562. The average Bonchev–Trinajstić information content (AvgIpc) is 2.50. The van der Waals surface area contributed by atoms with Crippen molar-refractivity contribution in [2.24, 2.45) is 0 Å². The minimum absolute atomic E-state index is 0.0190. The number of piperazine rings is 1. The normalized spacial score (nSPS) is 25.9. The van der Waals surface area contributed by atoms with Crippen molar-refractivity contribution in [3.63, 3.8) is 0 Å². The van der Waals surface area contributed by atoms with Gasteiger partial charge in [-0.25, -0.2) is 0 Å². The summed E-state index contributed by atoms with van der Waals surface area (Å²) in [5.74, 6) is -0.0262. The number of aromatic nitrogens is 1. The van der Waals surface area contributed by atoms with Crippen molar-refractivity contribution >= 4 is 11.8 Å². The van der Waals surface area contributed by atoms with Crippen molar-refractivity contribution in [3.05, 3.63) is 30.1 Å². The molecule has 1 saturated heterocycles. The minimum atomic E-state index is -0.777. The quantitative estimate of drug-likeness (QED) is 0.894. The van der Waals surface area contributed by atoms with Crippen molar-refractivity contribution in [3.8, 4) is 0 Å². The molecule has 0 bridgehead atoms. The van der Waals surface area contributed by atoms with E-state index in [0.717, 1.165) is 12.0 Å². The lowest BCUT2D eigenvalue weighted by Crippen LogP contribution is -2.69. The molecule has 0 radical (unpaired) electrons. The van der Waals surface area contributed by atoms with Crippen LogP contribution in [-0.4, -0.2) is 39.8 Å². The zero-order valence-electron chi connectivity index (χ0n) is 12.9. The van der Waals surface area contributed by atoms with E-state index in [2.05, 4.69) is 10.3 Å². The Hall–Kier alpha value is -1.91. The van der Waals surface area contributed by atoms with Gasteiger partial charge in [-0.05, 0) is 43.9 Å². The monoisotopic (exact) mass is 289 g/mol. The highest BCUT2D eigenvalue weighted by molar-refractivity contribution is 5.99. The lowest BCUT2D eigenvalue weighted by molar-refractivity contribution is -0.154. The van der Waals surface area contributed by atoms with Gasteiger partial charge in [0.15, 0.2) is 0 Å². The zero-order chi connectivity index (χ0) is 15.5. The van der Waals surface area contributed by atoms with Gasteiger partial charge >= 0.3 is 0 Å². The number of carbonyl (C=O) groups excluding carboxylic acids is 2. The van der Waals surface area contributed by atoms with Crippen molar-refractivity contribution in [2.45, 2.75) is 51.6 Å². The summed E-state index contributed by atoms with van der Waals surface area (Å²) in [4.78, 5) is 30.7. The van der Waals surface area contributed by atoms with Crippen LogP contribution < -0.4 is 5.32 Å². The largest absolute Gasteiger partial charge is 0.340 e. The van der Waals surface area contributed by atoms with Gasteiger partial charge in [-0.3, -0.25) is 14.6 Å². The number of hydrogen-bond acceptors (Lipinski definition) is 3. The van der Waals surface area contributed by atoms with Crippen LogP contribution >= 0.6 is 0 Å². The Morgan fingerprint density at radius 2 is 1.95 bits per heavy atom. The molecule has 21 heavy (non-hydrogen) atoms. The molecule has 0 aromatic carbocycles. The third-order valence-corrected chi connectivity index (χ3v) is 4.30. The topological polar surface area (TPSA) is 62.3 Å². The Morgan fingerprint density at radius 3 is 2.52 bits per heavy atom. The van der Waals surface area contributed by atoms with E-state index < -0.39 is 5.54 Å². The van der Waals surface area contributed by atoms with Crippen LogP contribution in [0.3, 0.4) is 0 Å². The fourth-order valence-corrected chi connectivity index (χ4v) is 2.71. The SMILES string of the molecule is CCC1C(=O)NC(C)(CC)C(=O)N1CCc1ccncc1. The molecule has 1 aromatic rings. The van der Waals surface area contributed by atoms with Gasteiger partial charge in [-0.2, -0.15) is 0 Å². The summed E-state index contributed by atoms with van der Waals surface area (Å²) in [6.45, 7) is 6.22.